The number of likely N-dealkylation sites (N-methyl/N-ethyl adjacent to an activating group) is 1. The van der Waals surface area contributed by atoms with E-state index in [2.05, 4.69) is 0 Å². The van der Waals surface area contributed by atoms with E-state index < -0.39 is 5.82 Å². The number of halogens is 2. The maximum atomic E-state index is 13.3. The minimum atomic E-state index is -0.497. The molecule has 0 spiro atoms. The maximum absolute atomic E-state index is 13.3. The van der Waals surface area contributed by atoms with Crippen molar-refractivity contribution in [2.24, 2.45) is 0 Å². The summed E-state index contributed by atoms with van der Waals surface area (Å²) in [5.74, 6) is -0.791. The van der Waals surface area contributed by atoms with Gasteiger partial charge in [-0.2, -0.15) is 0 Å². The van der Waals surface area contributed by atoms with Gasteiger partial charge in [0.15, 0.2) is 5.78 Å². The number of anilines is 1. The third-order valence-electron chi connectivity index (χ3n) is 3.11. The monoisotopic (exact) mass is 291 g/mol. The summed E-state index contributed by atoms with van der Waals surface area (Å²) in [4.78, 5) is 13.9. The fraction of sp³-hybridized carbons (Fsp3) is 0.188. The molecule has 5 heteroatoms. The van der Waals surface area contributed by atoms with Gasteiger partial charge in [-0.05, 0) is 42.5 Å². The second-order valence-electron chi connectivity index (χ2n) is 4.60. The zero-order chi connectivity index (χ0) is 15.4. The molecule has 2 aromatic carbocycles. The molecule has 0 saturated heterocycles. The van der Waals surface area contributed by atoms with Crippen LogP contribution in [0.5, 0.6) is 5.75 Å². The van der Waals surface area contributed by atoms with Gasteiger partial charge >= 0.3 is 0 Å². The lowest BCUT2D eigenvalue weighted by Gasteiger charge is -2.19. The Kier molecular flexibility index (Phi) is 4.52. The van der Waals surface area contributed by atoms with E-state index in [1.54, 1.807) is 24.1 Å². The van der Waals surface area contributed by atoms with Gasteiger partial charge in [0, 0.05) is 12.7 Å². The van der Waals surface area contributed by atoms with E-state index >= 15 is 0 Å². The van der Waals surface area contributed by atoms with Crippen LogP contribution in [0, 0.1) is 11.6 Å². The summed E-state index contributed by atoms with van der Waals surface area (Å²) in [7, 11) is 3.13. The number of ketones is 1. The van der Waals surface area contributed by atoms with Crippen LogP contribution in [-0.2, 0) is 0 Å². The van der Waals surface area contributed by atoms with Gasteiger partial charge in [0.1, 0.15) is 17.4 Å². The predicted octanol–water partition coefficient (Wildman–Crippen LogP) is 3.29. The molecule has 0 aliphatic rings. The van der Waals surface area contributed by atoms with Crippen LogP contribution in [-0.4, -0.2) is 26.5 Å². The van der Waals surface area contributed by atoms with E-state index in [1.165, 1.54) is 31.4 Å². The topological polar surface area (TPSA) is 29.5 Å². The second-order valence-corrected chi connectivity index (χ2v) is 4.60. The van der Waals surface area contributed by atoms with Gasteiger partial charge in [0.2, 0.25) is 0 Å². The molecule has 0 N–H and O–H groups in total. The van der Waals surface area contributed by atoms with Crippen molar-refractivity contribution in [3.05, 3.63) is 59.7 Å². The summed E-state index contributed by atoms with van der Waals surface area (Å²) in [6.45, 7) is 0.0332. The number of carbonyl (C=O) groups excluding carboxylic acids is 1. The molecule has 0 bridgehead atoms. The molecule has 0 atom stereocenters. The molecule has 0 heterocycles. The number of ether oxygens (including phenoxy) is 1. The van der Waals surface area contributed by atoms with E-state index in [9.17, 15) is 13.6 Å². The highest BCUT2D eigenvalue weighted by Gasteiger charge is 2.15. The molecule has 0 aliphatic heterocycles. The molecule has 110 valence electrons. The number of nitrogens with zero attached hydrogens (tertiary/aromatic N) is 1. The number of carbonyl (C=O) groups is 1. The number of benzene rings is 2. The zero-order valence-corrected chi connectivity index (χ0v) is 11.8. The van der Waals surface area contributed by atoms with E-state index in [-0.39, 0.29) is 23.7 Å². The maximum Gasteiger partial charge on any atom is 0.185 e. The number of hydrogen-bond acceptors (Lipinski definition) is 3. The molecule has 0 aliphatic carbocycles. The van der Waals surface area contributed by atoms with Gasteiger partial charge in [-0.3, -0.25) is 4.79 Å². The normalized spacial score (nSPS) is 10.3. The van der Waals surface area contributed by atoms with Crippen LogP contribution in [0.2, 0.25) is 0 Å². The number of hydrogen-bond donors (Lipinski definition) is 0. The first kappa shape index (κ1) is 15.0. The molecule has 3 nitrogen and oxygen atoms in total. The molecule has 0 saturated carbocycles. The lowest BCUT2D eigenvalue weighted by molar-refractivity contribution is 0.0997. The third-order valence-corrected chi connectivity index (χ3v) is 3.11. The van der Waals surface area contributed by atoms with Crippen molar-refractivity contribution in [2.75, 3.05) is 25.6 Å². The summed E-state index contributed by atoms with van der Waals surface area (Å²) in [6.07, 6.45) is 0. The van der Waals surface area contributed by atoms with Crippen LogP contribution in [0.25, 0.3) is 0 Å². The van der Waals surface area contributed by atoms with Crippen molar-refractivity contribution >= 4 is 11.5 Å². The fourth-order valence-electron chi connectivity index (χ4n) is 1.99. The number of Topliss-reactive ketones (excluding diaryl/α,β-unsaturated/α-hetero) is 1. The molecule has 0 aromatic heterocycles. The summed E-state index contributed by atoms with van der Waals surface area (Å²) in [5.41, 5.74) is 0.881. The van der Waals surface area contributed by atoms with E-state index in [0.29, 0.717) is 11.4 Å². The summed E-state index contributed by atoms with van der Waals surface area (Å²) >= 11 is 0. The Bertz CT molecular complexity index is 641. The van der Waals surface area contributed by atoms with Gasteiger partial charge in [-0.1, -0.05) is 0 Å². The SMILES string of the molecule is COc1ccc(F)cc1C(=O)CN(C)c1ccc(F)cc1. The van der Waals surface area contributed by atoms with Crippen LogP contribution >= 0.6 is 0 Å². The Morgan fingerprint density at radius 1 is 1.10 bits per heavy atom. The van der Waals surface area contributed by atoms with Gasteiger partial charge in [-0.15, -0.1) is 0 Å². The highest BCUT2D eigenvalue weighted by molar-refractivity contribution is 6.01. The van der Waals surface area contributed by atoms with Crippen molar-refractivity contribution in [3.63, 3.8) is 0 Å². The number of rotatable bonds is 5. The van der Waals surface area contributed by atoms with Crippen molar-refractivity contribution in [1.29, 1.82) is 0 Å². The predicted molar refractivity (Wildman–Crippen MR) is 77.0 cm³/mol. The zero-order valence-electron chi connectivity index (χ0n) is 11.8. The van der Waals surface area contributed by atoms with E-state index in [0.717, 1.165) is 6.07 Å². The average Bonchev–Trinajstić information content (AvgIpc) is 2.47. The average molecular weight is 291 g/mol. The quantitative estimate of drug-likeness (QED) is 0.792. The Labute approximate surface area is 121 Å². The lowest BCUT2D eigenvalue weighted by Crippen LogP contribution is -2.26. The molecule has 2 rings (SSSR count). The van der Waals surface area contributed by atoms with E-state index in [4.69, 9.17) is 4.74 Å². The highest BCUT2D eigenvalue weighted by Crippen LogP contribution is 2.21. The van der Waals surface area contributed by atoms with Crippen LogP contribution in [0.3, 0.4) is 0 Å². The Morgan fingerprint density at radius 2 is 1.71 bits per heavy atom. The minimum Gasteiger partial charge on any atom is -0.496 e. The summed E-state index contributed by atoms with van der Waals surface area (Å²) in [5, 5.41) is 0. The van der Waals surface area contributed by atoms with Crippen LogP contribution in [0.4, 0.5) is 14.5 Å². The smallest absolute Gasteiger partial charge is 0.185 e. The first-order valence-electron chi connectivity index (χ1n) is 6.34. The van der Waals surface area contributed by atoms with Crippen LogP contribution < -0.4 is 9.64 Å². The Morgan fingerprint density at radius 3 is 2.33 bits per heavy atom. The largest absolute Gasteiger partial charge is 0.496 e. The first-order chi connectivity index (χ1) is 10.0. The van der Waals surface area contributed by atoms with Crippen LogP contribution in [0.15, 0.2) is 42.5 Å². The number of methoxy groups -OCH3 is 1. The Balaban J connectivity index is 2.17. The Hall–Kier alpha value is -2.43. The van der Waals surface area contributed by atoms with Gasteiger partial charge in [0.05, 0.1) is 19.2 Å². The third kappa shape index (κ3) is 3.56. The first-order valence-corrected chi connectivity index (χ1v) is 6.34. The molecule has 0 unspecified atom stereocenters. The molecule has 21 heavy (non-hydrogen) atoms. The van der Waals surface area contributed by atoms with Crippen molar-refractivity contribution in [3.8, 4) is 5.75 Å². The summed E-state index contributed by atoms with van der Waals surface area (Å²) < 4.78 is 31.2. The van der Waals surface area contributed by atoms with Gasteiger partial charge in [0.25, 0.3) is 0 Å². The van der Waals surface area contributed by atoms with Crippen molar-refractivity contribution < 1.29 is 18.3 Å². The van der Waals surface area contributed by atoms with Crippen molar-refractivity contribution in [2.45, 2.75) is 0 Å². The standard InChI is InChI=1S/C16H15F2NO2/c1-19(13-6-3-11(17)4-7-13)10-15(20)14-9-12(18)5-8-16(14)21-2/h3-9H,10H2,1-2H3. The van der Waals surface area contributed by atoms with E-state index in [1.807, 2.05) is 0 Å². The molecular formula is C16H15F2NO2. The molecule has 2 aromatic rings. The molecule has 0 fully saturated rings. The molecule has 0 radical (unpaired) electrons. The lowest BCUT2D eigenvalue weighted by atomic mass is 10.1. The fourth-order valence-corrected chi connectivity index (χ4v) is 1.99. The van der Waals surface area contributed by atoms with Crippen LogP contribution in [0.1, 0.15) is 10.4 Å². The minimum absolute atomic E-state index is 0.0332. The molecule has 0 amide bonds. The second kappa shape index (κ2) is 6.35. The van der Waals surface area contributed by atoms with Gasteiger partial charge < -0.3 is 9.64 Å². The summed E-state index contributed by atoms with van der Waals surface area (Å²) in [6, 6.07) is 9.59. The van der Waals surface area contributed by atoms with Crippen molar-refractivity contribution in [1.82, 2.24) is 0 Å². The molecular weight excluding hydrogens is 276 g/mol. The highest BCUT2D eigenvalue weighted by atomic mass is 19.1. The van der Waals surface area contributed by atoms with Gasteiger partial charge in [-0.25, -0.2) is 8.78 Å².